The molecule has 1 unspecified atom stereocenters. The molecule has 4 aliphatic rings. The fraction of sp³-hybridized carbons (Fsp3) is 0.639. The van der Waals surface area contributed by atoms with E-state index in [4.69, 9.17) is 0 Å². The van der Waals surface area contributed by atoms with Gasteiger partial charge in [0, 0.05) is 16.7 Å². The highest BCUT2D eigenvalue weighted by atomic mass is 16.4. The van der Waals surface area contributed by atoms with Gasteiger partial charge in [-0.15, -0.1) is 0 Å². The number of rotatable bonds is 6. The summed E-state index contributed by atoms with van der Waals surface area (Å²) in [6, 6.07) is 3.68. The van der Waals surface area contributed by atoms with Crippen molar-refractivity contribution in [2.75, 3.05) is 0 Å². The Morgan fingerprint density at radius 2 is 1.61 bits per heavy atom. The van der Waals surface area contributed by atoms with Crippen molar-refractivity contribution in [2.24, 2.45) is 34.5 Å². The largest absolute Gasteiger partial charge is 0.508 e. The maximum atomic E-state index is 14.6. The summed E-state index contributed by atoms with van der Waals surface area (Å²) in [5, 5.41) is 59.4. The van der Waals surface area contributed by atoms with Gasteiger partial charge in [0.1, 0.15) is 22.8 Å². The van der Waals surface area contributed by atoms with Gasteiger partial charge in [0.15, 0.2) is 17.2 Å². The zero-order valence-electron chi connectivity index (χ0n) is 27.0. The van der Waals surface area contributed by atoms with Crippen LogP contribution in [-0.2, 0) is 20.8 Å². The number of phenols is 1. The molecular formula is C36H48O8. The van der Waals surface area contributed by atoms with E-state index in [-0.39, 0.29) is 16.9 Å². The second-order valence-corrected chi connectivity index (χ2v) is 14.7. The minimum atomic E-state index is -2.87. The molecule has 8 heteroatoms. The normalized spacial score (nSPS) is 37.2. The third kappa shape index (κ3) is 4.05. The number of fused-ring (bicyclic) bond motifs is 3. The van der Waals surface area contributed by atoms with Crippen LogP contribution in [0.1, 0.15) is 110 Å². The van der Waals surface area contributed by atoms with Gasteiger partial charge in [-0.1, -0.05) is 79.4 Å². The first kappa shape index (κ1) is 32.4. The fourth-order valence-electron chi connectivity index (χ4n) is 9.58. The van der Waals surface area contributed by atoms with Gasteiger partial charge in [-0.25, -0.2) is 0 Å². The van der Waals surface area contributed by atoms with Gasteiger partial charge in [0.2, 0.25) is 5.78 Å². The van der Waals surface area contributed by atoms with Crippen LogP contribution in [0.4, 0.5) is 0 Å². The van der Waals surface area contributed by atoms with Crippen LogP contribution < -0.4 is 0 Å². The molecule has 44 heavy (non-hydrogen) atoms. The highest BCUT2D eigenvalue weighted by molar-refractivity contribution is 6.24. The highest BCUT2D eigenvalue weighted by Gasteiger charge is 2.77. The molecule has 0 spiro atoms. The lowest BCUT2D eigenvalue weighted by Gasteiger charge is -2.63. The quantitative estimate of drug-likeness (QED) is 0.252. The van der Waals surface area contributed by atoms with E-state index in [2.05, 4.69) is 6.92 Å². The minimum absolute atomic E-state index is 0.0810. The molecule has 0 saturated heterocycles. The Labute approximate surface area is 259 Å². The Morgan fingerprint density at radius 1 is 1.02 bits per heavy atom. The SMILES string of the molecule is CCCC1CCC(Cc2ccc3c(c2O)C(O)=C2C(=O)[C@@]4(O)C(O)=C(C(C)=O)C(=O)C(C(C)C)[C@@]4(C)[C@H](O)[C@@]2(C)[C@@H]3C)CC1. The van der Waals surface area contributed by atoms with E-state index in [1.54, 1.807) is 27.7 Å². The second-order valence-electron chi connectivity index (χ2n) is 14.7. The number of aliphatic hydroxyl groups excluding tert-OH is 3. The summed E-state index contributed by atoms with van der Waals surface area (Å²) in [7, 11) is 0. The molecule has 6 atom stereocenters. The lowest BCUT2D eigenvalue weighted by molar-refractivity contribution is -0.215. The van der Waals surface area contributed by atoms with Crippen LogP contribution in [0.15, 0.2) is 29.0 Å². The zero-order chi connectivity index (χ0) is 32.7. The Morgan fingerprint density at radius 3 is 2.16 bits per heavy atom. The standard InChI is InChI=1S/C36H48O8/c1-8-9-20-10-12-21(13-11-20)16-22-14-15-23-18(4)34(6)27(30(40)25(23)28(22)38)32(42)36(44)31(41)24(19(5)37)29(39)26(17(2)3)35(36,7)33(34)43/h14-15,17-18,20-21,26,33,38,40-41,43-44H,8-13,16H2,1-7H3/t18-,20?,21?,26?,33-,34+,35+,36+/m1/s1. The number of carbonyl (C=O) groups excluding carboxylic acids is 3. The molecule has 0 radical (unpaired) electrons. The van der Waals surface area contributed by atoms with Gasteiger partial charge < -0.3 is 25.5 Å². The summed E-state index contributed by atoms with van der Waals surface area (Å²) in [4.78, 5) is 40.9. The van der Waals surface area contributed by atoms with E-state index in [1.165, 1.54) is 19.8 Å². The number of ketones is 3. The van der Waals surface area contributed by atoms with E-state index < -0.39 is 74.7 Å². The minimum Gasteiger partial charge on any atom is -0.508 e. The van der Waals surface area contributed by atoms with Crippen molar-refractivity contribution in [2.45, 2.75) is 111 Å². The van der Waals surface area contributed by atoms with Crippen LogP contribution in [0.5, 0.6) is 5.75 Å². The zero-order valence-corrected chi connectivity index (χ0v) is 27.0. The van der Waals surface area contributed by atoms with Crippen molar-refractivity contribution in [1.82, 2.24) is 0 Å². The predicted molar refractivity (Wildman–Crippen MR) is 166 cm³/mol. The number of benzene rings is 1. The average molecular weight is 609 g/mol. The lowest BCUT2D eigenvalue weighted by atomic mass is 9.40. The Hall–Kier alpha value is -2.97. The molecule has 8 nitrogen and oxygen atoms in total. The maximum absolute atomic E-state index is 14.6. The number of allylic oxidation sites excluding steroid dienone is 1. The Kier molecular flexibility index (Phi) is 7.98. The van der Waals surface area contributed by atoms with Crippen molar-refractivity contribution in [1.29, 1.82) is 0 Å². The number of hydrogen-bond acceptors (Lipinski definition) is 8. The summed E-state index contributed by atoms with van der Waals surface area (Å²) in [5.74, 6) is -5.68. The summed E-state index contributed by atoms with van der Waals surface area (Å²) in [5.41, 5.74) is -6.06. The van der Waals surface area contributed by atoms with Crippen LogP contribution in [0.25, 0.3) is 5.76 Å². The Balaban J connectivity index is 1.68. The van der Waals surface area contributed by atoms with Crippen molar-refractivity contribution >= 4 is 23.1 Å². The van der Waals surface area contributed by atoms with Crippen molar-refractivity contribution < 1.29 is 39.9 Å². The fourth-order valence-corrected chi connectivity index (χ4v) is 9.58. The van der Waals surface area contributed by atoms with Crippen LogP contribution >= 0.6 is 0 Å². The van der Waals surface area contributed by atoms with Crippen LogP contribution in [0, 0.1) is 34.5 Å². The van der Waals surface area contributed by atoms with E-state index in [9.17, 15) is 39.9 Å². The molecule has 0 heterocycles. The summed E-state index contributed by atoms with van der Waals surface area (Å²) in [6.45, 7) is 11.5. The molecule has 2 saturated carbocycles. The van der Waals surface area contributed by atoms with Gasteiger partial charge >= 0.3 is 0 Å². The van der Waals surface area contributed by atoms with Gasteiger partial charge in [0.05, 0.1) is 17.2 Å². The van der Waals surface area contributed by atoms with E-state index >= 15 is 0 Å². The molecule has 1 aromatic carbocycles. The van der Waals surface area contributed by atoms with Crippen LogP contribution in [0.2, 0.25) is 0 Å². The number of aliphatic hydroxyl groups is 4. The third-order valence-corrected chi connectivity index (χ3v) is 12.1. The van der Waals surface area contributed by atoms with E-state index in [1.807, 2.05) is 12.1 Å². The number of Topliss-reactive ketones (excluding diaryl/α,β-unsaturated/α-hetero) is 3. The summed E-state index contributed by atoms with van der Waals surface area (Å²) >= 11 is 0. The number of hydrogen-bond donors (Lipinski definition) is 5. The molecule has 0 bridgehead atoms. The maximum Gasteiger partial charge on any atom is 0.203 e. The molecular weight excluding hydrogens is 560 g/mol. The molecule has 4 aliphatic carbocycles. The average Bonchev–Trinajstić information content (AvgIpc) is 2.95. The lowest BCUT2D eigenvalue weighted by Crippen LogP contribution is -2.75. The summed E-state index contributed by atoms with van der Waals surface area (Å²) < 4.78 is 0. The number of aromatic hydroxyl groups is 1. The highest BCUT2D eigenvalue weighted by Crippen LogP contribution is 2.67. The monoisotopic (exact) mass is 608 g/mol. The van der Waals surface area contributed by atoms with Gasteiger partial charge in [-0.3, -0.25) is 14.4 Å². The van der Waals surface area contributed by atoms with Gasteiger partial charge in [-0.05, 0) is 61.0 Å². The third-order valence-electron chi connectivity index (χ3n) is 12.1. The van der Waals surface area contributed by atoms with Crippen molar-refractivity contribution in [3.63, 3.8) is 0 Å². The first-order valence-electron chi connectivity index (χ1n) is 16.2. The Bertz CT molecular complexity index is 1480. The molecule has 5 rings (SSSR count). The predicted octanol–water partition coefficient (Wildman–Crippen LogP) is 5.87. The number of carbonyl (C=O) groups is 3. The van der Waals surface area contributed by atoms with Crippen LogP contribution in [-0.4, -0.2) is 54.6 Å². The molecule has 240 valence electrons. The molecule has 2 fully saturated rings. The van der Waals surface area contributed by atoms with Crippen molar-refractivity contribution in [3.05, 3.63) is 45.7 Å². The molecule has 0 aromatic heterocycles. The van der Waals surface area contributed by atoms with Crippen LogP contribution in [0.3, 0.4) is 0 Å². The van der Waals surface area contributed by atoms with Crippen molar-refractivity contribution in [3.8, 4) is 5.75 Å². The van der Waals surface area contributed by atoms with E-state index in [0.29, 0.717) is 23.5 Å². The molecule has 1 aromatic rings. The molecule has 0 amide bonds. The summed E-state index contributed by atoms with van der Waals surface area (Å²) in [6.07, 6.45) is 5.81. The topological polar surface area (TPSA) is 152 Å². The molecule has 0 aliphatic heterocycles. The second kappa shape index (κ2) is 10.8. The van der Waals surface area contributed by atoms with Gasteiger partial charge in [-0.2, -0.15) is 0 Å². The first-order valence-corrected chi connectivity index (χ1v) is 16.2. The molecule has 5 N–H and O–H groups in total. The van der Waals surface area contributed by atoms with E-state index in [0.717, 1.165) is 38.5 Å². The smallest absolute Gasteiger partial charge is 0.203 e. The first-order chi connectivity index (χ1) is 20.5. The van der Waals surface area contributed by atoms with Gasteiger partial charge in [0.25, 0.3) is 0 Å². The number of phenolic OH excluding ortho intramolecular Hbond substituents is 1.